The molecule has 0 heterocycles. The van der Waals surface area contributed by atoms with Crippen LogP contribution in [0.25, 0.3) is 0 Å². The molecule has 1 amide bonds. The Morgan fingerprint density at radius 2 is 2.21 bits per heavy atom. The Morgan fingerprint density at radius 3 is 2.79 bits per heavy atom. The number of carbonyl (C=O) groups is 1. The lowest BCUT2D eigenvalue weighted by Gasteiger charge is -2.09. The number of halogens is 2. The van der Waals surface area contributed by atoms with Crippen molar-refractivity contribution in [2.75, 3.05) is 24.3 Å². The Hall–Kier alpha value is -1.69. The molecule has 0 bridgehead atoms. The molecule has 1 aromatic carbocycles. The van der Waals surface area contributed by atoms with Crippen LogP contribution >= 0.6 is 0 Å². The van der Waals surface area contributed by atoms with Gasteiger partial charge >= 0.3 is 0 Å². The van der Waals surface area contributed by atoms with Crippen molar-refractivity contribution < 1.29 is 18.3 Å². The number of ether oxygens (including phenoxy) is 1. The van der Waals surface area contributed by atoms with E-state index in [1.54, 1.807) is 12.1 Å². The Bertz CT molecular complexity index is 425. The number of amides is 1. The number of alkyl halides is 2. The minimum Gasteiger partial charge on any atom is -0.398 e. The smallest absolute Gasteiger partial charge is 0.261 e. The summed E-state index contributed by atoms with van der Waals surface area (Å²) in [4.78, 5) is 11.5. The quantitative estimate of drug-likeness (QED) is 0.592. The second kappa shape index (κ2) is 7.68. The highest BCUT2D eigenvalue weighted by molar-refractivity contribution is 5.91. The van der Waals surface area contributed by atoms with E-state index in [2.05, 4.69) is 10.1 Å². The van der Waals surface area contributed by atoms with Crippen molar-refractivity contribution in [2.24, 2.45) is 0 Å². The van der Waals surface area contributed by atoms with E-state index in [4.69, 9.17) is 5.73 Å². The molecule has 0 atom stereocenters. The molecule has 6 heteroatoms. The third kappa shape index (κ3) is 5.65. The summed E-state index contributed by atoms with van der Waals surface area (Å²) in [6, 6.07) is 5.28. The highest BCUT2D eigenvalue weighted by Gasteiger charge is 2.06. The minimum atomic E-state index is -2.51. The highest BCUT2D eigenvalue weighted by atomic mass is 19.3. The number of aryl methyl sites for hydroxylation is 1. The Kier molecular flexibility index (Phi) is 6.21. The van der Waals surface area contributed by atoms with Crippen LogP contribution in [0.2, 0.25) is 0 Å². The molecule has 0 aromatic heterocycles. The summed E-state index contributed by atoms with van der Waals surface area (Å²) in [5.74, 6) is -0.294. The molecule has 0 aliphatic carbocycles. The first-order chi connectivity index (χ1) is 9.02. The molecule has 0 aliphatic rings. The van der Waals surface area contributed by atoms with Gasteiger partial charge in [-0.15, -0.1) is 0 Å². The summed E-state index contributed by atoms with van der Waals surface area (Å²) in [7, 11) is 0. The predicted octanol–water partition coefficient (Wildman–Crippen LogP) is 2.44. The molecule has 0 saturated heterocycles. The van der Waals surface area contributed by atoms with Gasteiger partial charge in [0.1, 0.15) is 6.61 Å². The summed E-state index contributed by atoms with van der Waals surface area (Å²) in [6.45, 7) is 1.31. The van der Waals surface area contributed by atoms with Crippen LogP contribution < -0.4 is 11.1 Å². The van der Waals surface area contributed by atoms with Crippen molar-refractivity contribution >= 4 is 17.3 Å². The van der Waals surface area contributed by atoms with Crippen LogP contribution in [0.5, 0.6) is 0 Å². The number of nitrogens with one attached hydrogen (secondary N) is 1. The van der Waals surface area contributed by atoms with E-state index in [-0.39, 0.29) is 18.9 Å². The van der Waals surface area contributed by atoms with Crippen LogP contribution in [0.3, 0.4) is 0 Å². The lowest BCUT2D eigenvalue weighted by atomic mass is 10.1. The molecule has 0 aliphatic heterocycles. The fourth-order valence-corrected chi connectivity index (χ4v) is 1.56. The van der Waals surface area contributed by atoms with E-state index >= 15 is 0 Å². The summed E-state index contributed by atoms with van der Waals surface area (Å²) in [5.41, 5.74) is 8.03. The number of benzene rings is 1. The first-order valence-corrected chi connectivity index (χ1v) is 6.07. The van der Waals surface area contributed by atoms with Gasteiger partial charge in [0.05, 0.1) is 13.0 Å². The van der Waals surface area contributed by atoms with E-state index < -0.39 is 13.0 Å². The van der Waals surface area contributed by atoms with E-state index in [0.29, 0.717) is 11.4 Å². The van der Waals surface area contributed by atoms with Gasteiger partial charge in [0, 0.05) is 11.4 Å². The predicted molar refractivity (Wildman–Crippen MR) is 70.3 cm³/mol. The third-order valence-electron chi connectivity index (χ3n) is 2.53. The van der Waals surface area contributed by atoms with Crippen molar-refractivity contribution in [3.63, 3.8) is 0 Å². The molecule has 4 nitrogen and oxygen atoms in total. The van der Waals surface area contributed by atoms with Gasteiger partial charge in [-0.05, 0) is 24.1 Å². The van der Waals surface area contributed by atoms with Gasteiger partial charge in [-0.1, -0.05) is 13.0 Å². The van der Waals surface area contributed by atoms with Gasteiger partial charge in [0.2, 0.25) is 5.91 Å². The topological polar surface area (TPSA) is 64.3 Å². The minimum absolute atomic E-state index is 0.0291. The van der Waals surface area contributed by atoms with Crippen LogP contribution in [0, 0.1) is 0 Å². The normalized spacial score (nSPS) is 10.7. The summed E-state index contributed by atoms with van der Waals surface area (Å²) in [5, 5.41) is 2.64. The molecular formula is C13H18F2N2O2. The lowest BCUT2D eigenvalue weighted by molar-refractivity contribution is -0.117. The fourth-order valence-electron chi connectivity index (χ4n) is 1.56. The van der Waals surface area contributed by atoms with Crippen molar-refractivity contribution in [3.05, 3.63) is 23.8 Å². The number of anilines is 2. The van der Waals surface area contributed by atoms with Gasteiger partial charge in [-0.25, -0.2) is 8.78 Å². The molecule has 3 N–H and O–H groups in total. The molecule has 19 heavy (non-hydrogen) atoms. The van der Waals surface area contributed by atoms with Crippen LogP contribution in [0.4, 0.5) is 20.2 Å². The van der Waals surface area contributed by atoms with E-state index in [0.717, 1.165) is 12.0 Å². The zero-order chi connectivity index (χ0) is 14.3. The van der Waals surface area contributed by atoms with Gasteiger partial charge in [0.25, 0.3) is 6.43 Å². The monoisotopic (exact) mass is 272 g/mol. The molecule has 106 valence electrons. The number of rotatable bonds is 7. The summed E-state index contributed by atoms with van der Waals surface area (Å²) in [6.07, 6.45) is -1.66. The molecular weight excluding hydrogens is 254 g/mol. The standard InChI is InChI=1S/C13H18F2N2O2/c1-2-9-3-4-10(7-11(9)16)17-13(18)5-6-19-8-12(14)15/h3-4,7,12H,2,5-6,8,16H2,1H3,(H,17,18). The second-order valence-corrected chi connectivity index (χ2v) is 4.03. The van der Waals surface area contributed by atoms with Crippen molar-refractivity contribution in [3.8, 4) is 0 Å². The molecule has 1 rings (SSSR count). The maximum absolute atomic E-state index is 11.8. The first kappa shape index (κ1) is 15.4. The van der Waals surface area contributed by atoms with Crippen molar-refractivity contribution in [1.82, 2.24) is 0 Å². The van der Waals surface area contributed by atoms with Gasteiger partial charge in [0.15, 0.2) is 0 Å². The molecule has 1 aromatic rings. The van der Waals surface area contributed by atoms with Crippen LogP contribution in [-0.2, 0) is 16.0 Å². The maximum atomic E-state index is 11.8. The Morgan fingerprint density at radius 1 is 1.47 bits per heavy atom. The lowest BCUT2D eigenvalue weighted by Crippen LogP contribution is -2.15. The summed E-state index contributed by atoms with van der Waals surface area (Å²) >= 11 is 0. The number of hydrogen-bond acceptors (Lipinski definition) is 3. The van der Waals surface area contributed by atoms with Crippen molar-refractivity contribution in [1.29, 1.82) is 0 Å². The number of nitrogens with two attached hydrogens (primary N) is 1. The van der Waals surface area contributed by atoms with E-state index in [1.807, 2.05) is 13.0 Å². The Labute approximate surface area is 110 Å². The molecule has 0 unspecified atom stereocenters. The van der Waals surface area contributed by atoms with E-state index in [9.17, 15) is 13.6 Å². The molecule has 0 saturated carbocycles. The fraction of sp³-hybridized carbons (Fsp3) is 0.462. The molecule has 0 spiro atoms. The molecule has 0 fully saturated rings. The maximum Gasteiger partial charge on any atom is 0.261 e. The largest absolute Gasteiger partial charge is 0.398 e. The van der Waals surface area contributed by atoms with Gasteiger partial charge in [-0.3, -0.25) is 4.79 Å². The van der Waals surface area contributed by atoms with Crippen LogP contribution in [0.1, 0.15) is 18.9 Å². The van der Waals surface area contributed by atoms with Crippen LogP contribution in [0.15, 0.2) is 18.2 Å². The second-order valence-electron chi connectivity index (χ2n) is 4.03. The summed E-state index contributed by atoms with van der Waals surface area (Å²) < 4.78 is 28.2. The first-order valence-electron chi connectivity index (χ1n) is 6.07. The average molecular weight is 272 g/mol. The van der Waals surface area contributed by atoms with Crippen LogP contribution in [-0.4, -0.2) is 25.5 Å². The van der Waals surface area contributed by atoms with Gasteiger partial charge < -0.3 is 15.8 Å². The van der Waals surface area contributed by atoms with Crippen molar-refractivity contribution in [2.45, 2.75) is 26.2 Å². The van der Waals surface area contributed by atoms with E-state index in [1.165, 1.54) is 0 Å². The highest BCUT2D eigenvalue weighted by Crippen LogP contribution is 2.18. The SMILES string of the molecule is CCc1ccc(NC(=O)CCOCC(F)F)cc1N. The number of hydrogen-bond donors (Lipinski definition) is 2. The number of nitrogen functional groups attached to an aromatic ring is 1. The molecule has 0 radical (unpaired) electrons. The Balaban J connectivity index is 2.38. The number of carbonyl (C=O) groups excluding carboxylic acids is 1. The zero-order valence-electron chi connectivity index (χ0n) is 10.8. The average Bonchev–Trinajstić information content (AvgIpc) is 2.35. The zero-order valence-corrected chi connectivity index (χ0v) is 10.8. The third-order valence-corrected chi connectivity index (χ3v) is 2.53. The van der Waals surface area contributed by atoms with Gasteiger partial charge in [-0.2, -0.15) is 0 Å².